The van der Waals surface area contributed by atoms with Gasteiger partial charge in [-0.2, -0.15) is 0 Å². The molecule has 1 aliphatic carbocycles. The number of aromatic amines is 1. The number of hydrogen-bond acceptors (Lipinski definition) is 6. The first-order valence-corrected chi connectivity index (χ1v) is 13.5. The Labute approximate surface area is 228 Å². The Morgan fingerprint density at radius 3 is 2.21 bits per heavy atom. The predicted molar refractivity (Wildman–Crippen MR) is 147 cm³/mol. The van der Waals surface area contributed by atoms with Crippen molar-refractivity contribution < 1.29 is 33.8 Å². The summed E-state index contributed by atoms with van der Waals surface area (Å²) >= 11 is 0. The zero-order chi connectivity index (χ0) is 28.4. The van der Waals surface area contributed by atoms with Crippen molar-refractivity contribution in [2.45, 2.75) is 77.2 Å². The quantitative estimate of drug-likeness (QED) is 0.207. The van der Waals surface area contributed by atoms with Gasteiger partial charge in [0.2, 0.25) is 29.0 Å². The molecule has 0 unspecified atom stereocenters. The monoisotopic (exact) mass is 538 g/mol. The van der Waals surface area contributed by atoms with E-state index in [1.54, 1.807) is 13.1 Å². The first-order chi connectivity index (χ1) is 18.8. The number of carboxylic acid groups (broad SMARTS) is 1. The topological polar surface area (TPSA) is 135 Å². The molecule has 2 aromatic rings. The van der Waals surface area contributed by atoms with E-state index in [1.807, 2.05) is 24.3 Å². The molecule has 0 saturated heterocycles. The van der Waals surface area contributed by atoms with Crippen LogP contribution in [0.15, 0.2) is 53.1 Å². The van der Waals surface area contributed by atoms with Crippen LogP contribution in [-0.2, 0) is 35.1 Å². The molecule has 39 heavy (non-hydrogen) atoms. The number of unbranched alkanes of at least 4 members (excludes halogenated alkanes) is 6. The summed E-state index contributed by atoms with van der Waals surface area (Å²) in [7, 11) is 2.71. The lowest BCUT2D eigenvalue weighted by molar-refractivity contribution is -0.141. The minimum Gasteiger partial charge on any atom is -0.489 e. The van der Waals surface area contributed by atoms with E-state index in [-0.39, 0.29) is 35.4 Å². The minimum absolute atomic E-state index is 0.0280. The van der Waals surface area contributed by atoms with Crippen LogP contribution in [0.1, 0.15) is 70.3 Å². The van der Waals surface area contributed by atoms with Gasteiger partial charge in [-0.15, -0.1) is 0 Å². The van der Waals surface area contributed by atoms with Gasteiger partial charge in [0.25, 0.3) is 0 Å². The summed E-state index contributed by atoms with van der Waals surface area (Å²) in [4.78, 5) is 52.4. The third-order valence-electron chi connectivity index (χ3n) is 7.16. The standard InChI is InChI=1S/C30H38N2O7/c1-19-21(27(35)29(39-3)28(38-2)26(19)34)13-9-7-5-4-6-8-10-16-25(33)32-24(30(36)37)17-20-18-31-23-15-12-11-14-22(20)23/h11-12,14-15,18,24,31H,4-10,13,16-17H2,1-3H3,(H,32,33)(H,36,37)/t24-/m0/s1. The smallest absolute Gasteiger partial charge is 0.326 e. The van der Waals surface area contributed by atoms with Crippen LogP contribution in [-0.4, -0.2) is 53.8 Å². The first kappa shape index (κ1) is 29.7. The van der Waals surface area contributed by atoms with Crippen molar-refractivity contribution in [2.24, 2.45) is 0 Å². The third-order valence-corrected chi connectivity index (χ3v) is 7.16. The van der Waals surface area contributed by atoms with Gasteiger partial charge in [-0.25, -0.2) is 4.79 Å². The fourth-order valence-corrected chi connectivity index (χ4v) is 4.95. The van der Waals surface area contributed by atoms with Crippen LogP contribution < -0.4 is 5.32 Å². The number of fused-ring (bicyclic) bond motifs is 1. The van der Waals surface area contributed by atoms with E-state index in [1.165, 1.54) is 14.2 Å². The van der Waals surface area contributed by atoms with Gasteiger partial charge in [0.05, 0.1) is 14.2 Å². The zero-order valence-corrected chi connectivity index (χ0v) is 22.9. The number of methoxy groups -OCH3 is 2. The SMILES string of the molecule is COC1=C(OC)C(=O)C(CCCCCCCCCC(=O)N[C@@H](Cc2c[nH]c3ccccc23)C(=O)O)=C(C)C1=O. The number of carbonyl (C=O) groups excluding carboxylic acids is 3. The molecule has 1 heterocycles. The highest BCUT2D eigenvalue weighted by molar-refractivity contribution is 6.23. The highest BCUT2D eigenvalue weighted by Gasteiger charge is 2.34. The van der Waals surface area contributed by atoms with Crippen LogP contribution in [0.5, 0.6) is 0 Å². The molecule has 0 radical (unpaired) electrons. The summed E-state index contributed by atoms with van der Waals surface area (Å²) in [6.45, 7) is 1.65. The number of ether oxygens (including phenoxy) is 2. The number of benzene rings is 1. The van der Waals surface area contributed by atoms with E-state index in [2.05, 4.69) is 10.3 Å². The number of aromatic nitrogens is 1. The van der Waals surface area contributed by atoms with Gasteiger partial charge in [-0.1, -0.05) is 50.3 Å². The molecule has 0 saturated carbocycles. The summed E-state index contributed by atoms with van der Waals surface area (Å²) in [5.74, 6) is -1.95. The van der Waals surface area contributed by atoms with Crippen molar-refractivity contribution in [3.8, 4) is 0 Å². The summed E-state index contributed by atoms with van der Waals surface area (Å²) in [5, 5.41) is 13.2. The Hall–Kier alpha value is -3.88. The van der Waals surface area contributed by atoms with Gasteiger partial charge in [-0.05, 0) is 37.8 Å². The van der Waals surface area contributed by atoms with Crippen LogP contribution in [0, 0.1) is 0 Å². The molecular weight excluding hydrogens is 500 g/mol. The second kappa shape index (κ2) is 14.3. The molecule has 1 aliphatic rings. The number of nitrogens with one attached hydrogen (secondary N) is 2. The number of allylic oxidation sites excluding steroid dienone is 2. The molecule has 1 atom stereocenters. The third kappa shape index (κ3) is 7.59. The molecule has 1 amide bonds. The van der Waals surface area contributed by atoms with E-state index < -0.39 is 12.0 Å². The van der Waals surface area contributed by atoms with Crippen molar-refractivity contribution in [3.63, 3.8) is 0 Å². The lowest BCUT2D eigenvalue weighted by Crippen LogP contribution is -2.42. The number of aliphatic carboxylic acids is 1. The average molecular weight is 539 g/mol. The molecule has 210 valence electrons. The molecule has 1 aromatic carbocycles. The van der Waals surface area contributed by atoms with E-state index in [0.29, 0.717) is 30.4 Å². The first-order valence-electron chi connectivity index (χ1n) is 13.5. The summed E-state index contributed by atoms with van der Waals surface area (Å²) in [5.41, 5.74) is 2.71. The summed E-state index contributed by atoms with van der Waals surface area (Å²) in [6.07, 6.45) is 9.08. The zero-order valence-electron chi connectivity index (χ0n) is 22.9. The number of ketones is 2. The normalized spacial score (nSPS) is 14.6. The second-order valence-electron chi connectivity index (χ2n) is 9.83. The van der Waals surface area contributed by atoms with Crippen molar-refractivity contribution in [1.82, 2.24) is 10.3 Å². The van der Waals surface area contributed by atoms with Gasteiger partial charge in [-0.3, -0.25) is 14.4 Å². The maximum atomic E-state index is 12.7. The molecular formula is C30H38N2O7. The number of para-hydroxylation sites is 1. The molecule has 0 bridgehead atoms. The lowest BCUT2D eigenvalue weighted by atomic mass is 9.89. The van der Waals surface area contributed by atoms with Gasteiger partial charge >= 0.3 is 5.97 Å². The van der Waals surface area contributed by atoms with E-state index >= 15 is 0 Å². The number of hydrogen-bond donors (Lipinski definition) is 3. The second-order valence-corrected chi connectivity index (χ2v) is 9.83. The lowest BCUT2D eigenvalue weighted by Gasteiger charge is -2.20. The predicted octanol–water partition coefficient (Wildman–Crippen LogP) is 4.76. The molecule has 0 spiro atoms. The van der Waals surface area contributed by atoms with Crippen molar-refractivity contribution >= 4 is 34.3 Å². The van der Waals surface area contributed by atoms with Gasteiger partial charge < -0.3 is 24.9 Å². The molecule has 0 aliphatic heterocycles. The number of amides is 1. The van der Waals surface area contributed by atoms with E-state index in [0.717, 1.165) is 55.0 Å². The molecule has 9 nitrogen and oxygen atoms in total. The summed E-state index contributed by atoms with van der Waals surface area (Å²) in [6, 6.07) is 6.70. The number of Topliss-reactive ketones (excluding diaryl/α,β-unsaturated/α-hetero) is 2. The van der Waals surface area contributed by atoms with Gasteiger partial charge in [0.1, 0.15) is 6.04 Å². The van der Waals surface area contributed by atoms with Gasteiger partial charge in [0, 0.05) is 41.1 Å². The largest absolute Gasteiger partial charge is 0.489 e. The molecule has 3 N–H and O–H groups in total. The Balaban J connectivity index is 1.31. The van der Waals surface area contributed by atoms with E-state index in [4.69, 9.17) is 9.47 Å². The highest BCUT2D eigenvalue weighted by Crippen LogP contribution is 2.29. The fourth-order valence-electron chi connectivity index (χ4n) is 4.95. The minimum atomic E-state index is -1.05. The maximum Gasteiger partial charge on any atom is 0.326 e. The Morgan fingerprint density at radius 2 is 1.54 bits per heavy atom. The van der Waals surface area contributed by atoms with Crippen LogP contribution in [0.2, 0.25) is 0 Å². The molecule has 0 fully saturated rings. The highest BCUT2D eigenvalue weighted by atomic mass is 16.5. The Kier molecular flexibility index (Phi) is 10.9. The van der Waals surface area contributed by atoms with Crippen LogP contribution in [0.4, 0.5) is 0 Å². The number of H-pyrrole nitrogens is 1. The Bertz CT molecular complexity index is 1270. The van der Waals surface area contributed by atoms with Crippen LogP contribution >= 0.6 is 0 Å². The molecule has 3 rings (SSSR count). The number of carboxylic acids is 1. The van der Waals surface area contributed by atoms with Crippen molar-refractivity contribution in [2.75, 3.05) is 14.2 Å². The van der Waals surface area contributed by atoms with Crippen LogP contribution in [0.25, 0.3) is 10.9 Å². The number of carbonyl (C=O) groups is 4. The molecule has 1 aromatic heterocycles. The Morgan fingerprint density at radius 1 is 0.923 bits per heavy atom. The maximum absolute atomic E-state index is 12.7. The van der Waals surface area contributed by atoms with Crippen molar-refractivity contribution in [3.05, 3.63) is 58.7 Å². The van der Waals surface area contributed by atoms with Gasteiger partial charge in [0.15, 0.2) is 0 Å². The van der Waals surface area contributed by atoms with Crippen molar-refractivity contribution in [1.29, 1.82) is 0 Å². The summed E-state index contributed by atoms with van der Waals surface area (Å²) < 4.78 is 10.2. The fraction of sp³-hybridized carbons (Fsp3) is 0.467. The molecule has 9 heteroatoms. The average Bonchev–Trinajstić information content (AvgIpc) is 3.33. The van der Waals surface area contributed by atoms with E-state index in [9.17, 15) is 24.3 Å². The number of rotatable bonds is 16. The van der Waals surface area contributed by atoms with Crippen LogP contribution in [0.3, 0.4) is 0 Å².